The molecule has 4 heteroatoms. The number of carbonyl (C=O) groups excluding carboxylic acids is 1. The summed E-state index contributed by atoms with van der Waals surface area (Å²) in [5.74, 6) is 0. The van der Waals surface area contributed by atoms with Gasteiger partial charge in [-0.05, 0) is 49.4 Å². The highest BCUT2D eigenvalue weighted by Crippen LogP contribution is 2.26. The van der Waals surface area contributed by atoms with Gasteiger partial charge in [0.1, 0.15) is 0 Å². The van der Waals surface area contributed by atoms with Crippen molar-refractivity contribution in [2.24, 2.45) is 0 Å². The second-order valence-electron chi connectivity index (χ2n) is 5.32. The third kappa shape index (κ3) is 2.89. The number of benzene rings is 1. The van der Waals surface area contributed by atoms with E-state index in [1.165, 1.54) is 22.3 Å². The minimum absolute atomic E-state index is 0.0314. The molecular weight excluding hydrogens is 240 g/mol. The molecule has 0 saturated carbocycles. The number of rotatable bonds is 4. The van der Waals surface area contributed by atoms with E-state index in [1.54, 1.807) is 4.90 Å². The number of nitrogens with one attached hydrogen (secondary N) is 1. The molecule has 0 bridgehead atoms. The fourth-order valence-corrected chi connectivity index (χ4v) is 2.58. The molecule has 1 heterocycles. The number of aliphatic hydroxyl groups is 1. The van der Waals surface area contributed by atoms with Gasteiger partial charge in [0.2, 0.25) is 0 Å². The standard InChI is InChI=1S/C15H22N2O2/c1-10-7-12(3)13(8-11(10)2)14-9-17(5-4-6-18)15(19)16-14/h7-8,14,18H,4-6,9H2,1-3H3,(H,16,19). The van der Waals surface area contributed by atoms with E-state index in [0.717, 1.165) is 0 Å². The van der Waals surface area contributed by atoms with Crippen molar-refractivity contribution in [1.82, 2.24) is 10.2 Å². The van der Waals surface area contributed by atoms with Gasteiger partial charge in [-0.1, -0.05) is 12.1 Å². The molecule has 0 aromatic heterocycles. The fraction of sp³-hybridized carbons (Fsp3) is 0.533. The van der Waals surface area contributed by atoms with Crippen molar-refractivity contribution in [2.75, 3.05) is 19.7 Å². The summed E-state index contributed by atoms with van der Waals surface area (Å²) in [4.78, 5) is 13.6. The molecule has 1 aromatic carbocycles. The summed E-state index contributed by atoms with van der Waals surface area (Å²) in [6.07, 6.45) is 0.631. The van der Waals surface area contributed by atoms with Gasteiger partial charge in [0, 0.05) is 19.7 Å². The first-order valence-corrected chi connectivity index (χ1v) is 6.77. The van der Waals surface area contributed by atoms with Gasteiger partial charge in [-0.3, -0.25) is 0 Å². The van der Waals surface area contributed by atoms with Crippen LogP contribution in [-0.2, 0) is 0 Å². The molecule has 1 saturated heterocycles. The molecule has 2 rings (SSSR count). The average molecular weight is 262 g/mol. The second kappa shape index (κ2) is 5.61. The zero-order valence-corrected chi connectivity index (χ0v) is 11.9. The molecule has 4 nitrogen and oxygen atoms in total. The maximum atomic E-state index is 11.9. The highest BCUT2D eigenvalue weighted by Gasteiger charge is 2.30. The molecule has 1 aliphatic heterocycles. The maximum absolute atomic E-state index is 11.9. The molecule has 0 spiro atoms. The molecule has 1 atom stereocenters. The Morgan fingerprint density at radius 3 is 2.63 bits per heavy atom. The quantitative estimate of drug-likeness (QED) is 0.872. The van der Waals surface area contributed by atoms with Crippen molar-refractivity contribution >= 4 is 6.03 Å². The van der Waals surface area contributed by atoms with Crippen LogP contribution in [0.15, 0.2) is 12.1 Å². The number of nitrogens with zero attached hydrogens (tertiary/aromatic N) is 1. The SMILES string of the molecule is Cc1cc(C)c(C2CN(CCCO)C(=O)N2)cc1C. The zero-order valence-electron chi connectivity index (χ0n) is 11.9. The third-order valence-electron chi connectivity index (χ3n) is 3.83. The summed E-state index contributed by atoms with van der Waals surface area (Å²) in [5.41, 5.74) is 4.95. The van der Waals surface area contributed by atoms with Crippen LogP contribution >= 0.6 is 0 Å². The minimum atomic E-state index is -0.0314. The molecule has 1 aliphatic rings. The molecule has 1 aromatic rings. The molecule has 1 fully saturated rings. The molecule has 104 valence electrons. The van der Waals surface area contributed by atoms with Gasteiger partial charge < -0.3 is 15.3 Å². The van der Waals surface area contributed by atoms with E-state index >= 15 is 0 Å². The lowest BCUT2D eigenvalue weighted by Gasteiger charge is -2.16. The van der Waals surface area contributed by atoms with E-state index in [1.807, 2.05) is 0 Å². The van der Waals surface area contributed by atoms with E-state index in [4.69, 9.17) is 5.11 Å². The Morgan fingerprint density at radius 2 is 1.95 bits per heavy atom. The molecule has 1 unspecified atom stereocenters. The first kappa shape index (κ1) is 13.9. The normalized spacial score (nSPS) is 18.8. The van der Waals surface area contributed by atoms with Gasteiger partial charge in [0.25, 0.3) is 0 Å². The molecule has 0 aliphatic carbocycles. The van der Waals surface area contributed by atoms with Crippen LogP contribution in [0.2, 0.25) is 0 Å². The number of urea groups is 1. The van der Waals surface area contributed by atoms with E-state index in [-0.39, 0.29) is 18.7 Å². The van der Waals surface area contributed by atoms with Crippen LogP contribution < -0.4 is 5.32 Å². The number of aryl methyl sites for hydroxylation is 3. The van der Waals surface area contributed by atoms with Gasteiger partial charge in [-0.25, -0.2) is 4.79 Å². The van der Waals surface area contributed by atoms with Crippen molar-refractivity contribution < 1.29 is 9.90 Å². The van der Waals surface area contributed by atoms with Crippen molar-refractivity contribution in [1.29, 1.82) is 0 Å². The van der Waals surface area contributed by atoms with Gasteiger partial charge in [0.05, 0.1) is 6.04 Å². The number of carbonyl (C=O) groups is 1. The Labute approximate surface area is 114 Å². The predicted molar refractivity (Wildman–Crippen MR) is 75.2 cm³/mol. The van der Waals surface area contributed by atoms with Gasteiger partial charge in [-0.2, -0.15) is 0 Å². The van der Waals surface area contributed by atoms with Crippen LogP contribution in [0.5, 0.6) is 0 Å². The first-order chi connectivity index (χ1) is 9.02. The molecule has 2 N–H and O–H groups in total. The van der Waals surface area contributed by atoms with Crippen LogP contribution in [0, 0.1) is 20.8 Å². The average Bonchev–Trinajstić information content (AvgIpc) is 2.72. The Hall–Kier alpha value is -1.55. The largest absolute Gasteiger partial charge is 0.396 e. The van der Waals surface area contributed by atoms with Gasteiger partial charge >= 0.3 is 6.03 Å². The van der Waals surface area contributed by atoms with E-state index < -0.39 is 0 Å². The number of aliphatic hydroxyl groups excluding tert-OH is 1. The smallest absolute Gasteiger partial charge is 0.318 e. The van der Waals surface area contributed by atoms with Crippen molar-refractivity contribution in [2.45, 2.75) is 33.2 Å². The van der Waals surface area contributed by atoms with E-state index in [2.05, 4.69) is 38.2 Å². The molecule has 2 amide bonds. The van der Waals surface area contributed by atoms with Gasteiger partial charge in [0.15, 0.2) is 0 Å². The summed E-state index contributed by atoms with van der Waals surface area (Å²) in [7, 11) is 0. The van der Waals surface area contributed by atoms with Gasteiger partial charge in [-0.15, -0.1) is 0 Å². The molecule has 19 heavy (non-hydrogen) atoms. The maximum Gasteiger partial charge on any atom is 0.318 e. The van der Waals surface area contributed by atoms with Crippen molar-refractivity contribution in [3.05, 3.63) is 34.4 Å². The Morgan fingerprint density at radius 1 is 1.26 bits per heavy atom. The summed E-state index contributed by atoms with van der Waals surface area (Å²) in [5, 5.41) is 11.9. The van der Waals surface area contributed by atoms with Crippen LogP contribution in [0.4, 0.5) is 4.79 Å². The lowest BCUT2D eigenvalue weighted by Crippen LogP contribution is -2.29. The van der Waals surface area contributed by atoms with E-state index in [0.29, 0.717) is 19.5 Å². The van der Waals surface area contributed by atoms with Crippen LogP contribution in [0.3, 0.4) is 0 Å². The number of hydrogen-bond donors (Lipinski definition) is 2. The number of hydrogen-bond acceptors (Lipinski definition) is 2. The summed E-state index contributed by atoms with van der Waals surface area (Å²) >= 11 is 0. The number of amides is 2. The minimum Gasteiger partial charge on any atom is -0.396 e. The lowest BCUT2D eigenvalue weighted by molar-refractivity contribution is 0.209. The summed E-state index contributed by atoms with van der Waals surface area (Å²) in [6, 6.07) is 4.37. The van der Waals surface area contributed by atoms with Crippen LogP contribution in [0.25, 0.3) is 0 Å². The Kier molecular flexibility index (Phi) is 4.10. The molecule has 0 radical (unpaired) electrons. The third-order valence-corrected chi connectivity index (χ3v) is 3.83. The van der Waals surface area contributed by atoms with Crippen molar-refractivity contribution in [3.8, 4) is 0 Å². The van der Waals surface area contributed by atoms with Crippen molar-refractivity contribution in [3.63, 3.8) is 0 Å². The zero-order chi connectivity index (χ0) is 14.0. The highest BCUT2D eigenvalue weighted by atomic mass is 16.3. The lowest BCUT2D eigenvalue weighted by atomic mass is 9.96. The second-order valence-corrected chi connectivity index (χ2v) is 5.32. The molecular formula is C15H22N2O2. The van der Waals surface area contributed by atoms with Crippen LogP contribution in [0.1, 0.15) is 34.7 Å². The van der Waals surface area contributed by atoms with Crippen LogP contribution in [-0.4, -0.2) is 35.7 Å². The Bertz CT molecular complexity index is 485. The monoisotopic (exact) mass is 262 g/mol. The fourth-order valence-electron chi connectivity index (χ4n) is 2.58. The topological polar surface area (TPSA) is 52.6 Å². The van der Waals surface area contributed by atoms with E-state index in [9.17, 15) is 4.79 Å². The summed E-state index contributed by atoms with van der Waals surface area (Å²) in [6.45, 7) is 7.71. The summed E-state index contributed by atoms with van der Waals surface area (Å²) < 4.78 is 0. The highest BCUT2D eigenvalue weighted by molar-refractivity contribution is 5.77. The first-order valence-electron chi connectivity index (χ1n) is 6.77. The Balaban J connectivity index is 2.16. The predicted octanol–water partition coefficient (Wildman–Crippen LogP) is 2.06.